The van der Waals surface area contributed by atoms with Crippen LogP contribution in [0.4, 0.5) is 0 Å². The second kappa shape index (κ2) is 10.3. The predicted octanol–water partition coefficient (Wildman–Crippen LogP) is 5.76. The standard InChI is InChI=1S/C28H35NO3.ClH/c1-19-22(16-29-17-23(18-29)27(30)31)8-7-21-15-25(11-12-26(19)21)32-14-13-20-5-9-24(10-6-20)28(2,3)4;/h5-6,9-12,15,23H,7-8,13-14,16-18H2,1-4H3,(H,30,31);1H. The first kappa shape index (κ1) is 25.3. The fraction of sp³-hybridized carbons (Fsp3) is 0.464. The molecule has 0 aromatic heterocycles. The van der Waals surface area contributed by atoms with Crippen LogP contribution in [0.2, 0.25) is 0 Å². The molecule has 0 radical (unpaired) electrons. The number of benzene rings is 2. The van der Waals surface area contributed by atoms with Gasteiger partial charge in [-0.25, -0.2) is 0 Å². The summed E-state index contributed by atoms with van der Waals surface area (Å²) in [4.78, 5) is 13.3. The summed E-state index contributed by atoms with van der Waals surface area (Å²) in [7, 11) is 0. The third-order valence-corrected chi connectivity index (χ3v) is 6.91. The van der Waals surface area contributed by atoms with E-state index in [1.165, 1.54) is 33.4 Å². The number of carbonyl (C=O) groups is 1. The molecule has 2 aliphatic rings. The lowest BCUT2D eigenvalue weighted by atomic mass is 9.85. The summed E-state index contributed by atoms with van der Waals surface area (Å²) in [6.45, 7) is 11.8. The highest BCUT2D eigenvalue weighted by molar-refractivity contribution is 5.85. The molecule has 2 aromatic carbocycles. The number of aliphatic carboxylic acids is 1. The summed E-state index contributed by atoms with van der Waals surface area (Å²) in [6.07, 6.45) is 2.96. The van der Waals surface area contributed by atoms with E-state index < -0.39 is 5.97 Å². The summed E-state index contributed by atoms with van der Waals surface area (Å²) in [5, 5.41) is 9.08. The van der Waals surface area contributed by atoms with Crippen molar-refractivity contribution in [2.75, 3.05) is 26.2 Å². The van der Waals surface area contributed by atoms with Crippen molar-refractivity contribution < 1.29 is 14.6 Å². The first-order valence-electron chi connectivity index (χ1n) is 11.7. The number of fused-ring (bicyclic) bond motifs is 1. The van der Waals surface area contributed by atoms with Crippen LogP contribution in [0, 0.1) is 5.92 Å². The van der Waals surface area contributed by atoms with Crippen LogP contribution in [0.25, 0.3) is 5.57 Å². The van der Waals surface area contributed by atoms with E-state index in [0.717, 1.165) is 31.6 Å². The highest BCUT2D eigenvalue weighted by atomic mass is 35.5. The highest BCUT2D eigenvalue weighted by Gasteiger charge is 2.33. The van der Waals surface area contributed by atoms with E-state index in [1.54, 1.807) is 0 Å². The van der Waals surface area contributed by atoms with Gasteiger partial charge in [0.2, 0.25) is 0 Å². The molecule has 1 aliphatic heterocycles. The zero-order valence-corrected chi connectivity index (χ0v) is 21.0. The van der Waals surface area contributed by atoms with Crippen molar-refractivity contribution in [3.8, 4) is 5.75 Å². The number of hydrogen-bond donors (Lipinski definition) is 1. The molecule has 1 saturated heterocycles. The molecular formula is C28H36ClNO3. The van der Waals surface area contributed by atoms with Gasteiger partial charge >= 0.3 is 5.97 Å². The van der Waals surface area contributed by atoms with Crippen LogP contribution in [-0.2, 0) is 23.1 Å². The fourth-order valence-corrected chi connectivity index (χ4v) is 4.68. The maximum atomic E-state index is 11.0. The van der Waals surface area contributed by atoms with Crippen LogP contribution in [0.5, 0.6) is 5.75 Å². The number of carboxylic acid groups (broad SMARTS) is 1. The van der Waals surface area contributed by atoms with Gasteiger partial charge in [-0.15, -0.1) is 12.4 Å². The molecule has 178 valence electrons. The Labute approximate surface area is 204 Å². The molecule has 1 aliphatic carbocycles. The lowest BCUT2D eigenvalue weighted by Crippen LogP contribution is -2.50. The quantitative estimate of drug-likeness (QED) is 0.559. The number of ether oxygens (including phenoxy) is 1. The smallest absolute Gasteiger partial charge is 0.309 e. The van der Waals surface area contributed by atoms with Gasteiger partial charge in [0.1, 0.15) is 5.75 Å². The number of aryl methyl sites for hydroxylation is 1. The SMILES string of the molecule is CC1=C(CN2CC(C(=O)O)C2)CCc2cc(OCCc3ccc(C(C)(C)C)cc3)ccc21.Cl. The van der Waals surface area contributed by atoms with Crippen molar-refractivity contribution in [2.24, 2.45) is 5.92 Å². The van der Waals surface area contributed by atoms with E-state index >= 15 is 0 Å². The van der Waals surface area contributed by atoms with Gasteiger partial charge in [0.05, 0.1) is 12.5 Å². The molecule has 0 unspecified atom stereocenters. The molecule has 4 nitrogen and oxygen atoms in total. The van der Waals surface area contributed by atoms with Crippen LogP contribution in [0.1, 0.15) is 56.4 Å². The molecule has 5 heteroatoms. The van der Waals surface area contributed by atoms with Crippen molar-refractivity contribution in [3.05, 3.63) is 70.3 Å². The van der Waals surface area contributed by atoms with Crippen LogP contribution in [0.15, 0.2) is 48.0 Å². The Hall–Kier alpha value is -2.30. The topological polar surface area (TPSA) is 49.8 Å². The van der Waals surface area contributed by atoms with E-state index in [2.05, 4.69) is 75.1 Å². The van der Waals surface area contributed by atoms with E-state index in [1.807, 2.05) is 0 Å². The van der Waals surface area contributed by atoms with Gasteiger partial charge in [-0.05, 0) is 65.1 Å². The maximum absolute atomic E-state index is 11.0. The van der Waals surface area contributed by atoms with Crippen LogP contribution in [0.3, 0.4) is 0 Å². The number of rotatable bonds is 7. The summed E-state index contributed by atoms with van der Waals surface area (Å²) >= 11 is 0. The van der Waals surface area contributed by atoms with Gasteiger partial charge in [-0.2, -0.15) is 0 Å². The third kappa shape index (κ3) is 5.99. The van der Waals surface area contributed by atoms with Crippen molar-refractivity contribution in [1.29, 1.82) is 0 Å². The first-order valence-corrected chi connectivity index (χ1v) is 11.7. The van der Waals surface area contributed by atoms with Crippen LogP contribution in [-0.4, -0.2) is 42.2 Å². The number of allylic oxidation sites excluding steroid dienone is 1. The Morgan fingerprint density at radius 3 is 2.42 bits per heavy atom. The fourth-order valence-electron chi connectivity index (χ4n) is 4.68. The summed E-state index contributed by atoms with van der Waals surface area (Å²) in [5.41, 5.74) is 8.29. The first-order chi connectivity index (χ1) is 15.2. The second-order valence-electron chi connectivity index (χ2n) is 10.3. The lowest BCUT2D eigenvalue weighted by Gasteiger charge is -2.38. The minimum Gasteiger partial charge on any atom is -0.493 e. The molecule has 0 amide bonds. The molecule has 33 heavy (non-hydrogen) atoms. The van der Waals surface area contributed by atoms with Crippen LogP contribution >= 0.6 is 12.4 Å². The zero-order valence-electron chi connectivity index (χ0n) is 20.2. The highest BCUT2D eigenvalue weighted by Crippen LogP contribution is 2.34. The second-order valence-corrected chi connectivity index (χ2v) is 10.3. The van der Waals surface area contributed by atoms with Gasteiger partial charge in [0.15, 0.2) is 0 Å². The summed E-state index contributed by atoms with van der Waals surface area (Å²) in [5.74, 6) is 0.0802. The Bertz CT molecular complexity index is 1010. The van der Waals surface area contributed by atoms with Gasteiger partial charge < -0.3 is 9.84 Å². The van der Waals surface area contributed by atoms with E-state index in [0.29, 0.717) is 19.7 Å². The minimum atomic E-state index is -0.671. The molecule has 0 atom stereocenters. The number of likely N-dealkylation sites (tertiary alicyclic amines) is 1. The predicted molar refractivity (Wildman–Crippen MR) is 137 cm³/mol. The largest absolute Gasteiger partial charge is 0.493 e. The number of nitrogens with zero attached hydrogens (tertiary/aromatic N) is 1. The molecular weight excluding hydrogens is 434 g/mol. The van der Waals surface area contributed by atoms with Crippen molar-refractivity contribution in [3.63, 3.8) is 0 Å². The molecule has 2 aromatic rings. The molecule has 1 heterocycles. The summed E-state index contributed by atoms with van der Waals surface area (Å²) < 4.78 is 6.08. The van der Waals surface area contributed by atoms with Gasteiger partial charge in [-0.3, -0.25) is 9.69 Å². The Morgan fingerprint density at radius 1 is 1.09 bits per heavy atom. The Kier molecular flexibility index (Phi) is 7.92. The van der Waals surface area contributed by atoms with Crippen molar-refractivity contribution in [2.45, 2.75) is 52.4 Å². The van der Waals surface area contributed by atoms with Gasteiger partial charge in [-0.1, -0.05) is 56.7 Å². The average molecular weight is 470 g/mol. The molecule has 0 bridgehead atoms. The molecule has 4 rings (SSSR count). The molecule has 1 N–H and O–H groups in total. The molecule has 0 spiro atoms. The molecule has 1 fully saturated rings. The van der Waals surface area contributed by atoms with Crippen molar-refractivity contribution in [1.82, 2.24) is 4.90 Å². The normalized spacial score (nSPS) is 16.6. The number of carboxylic acids is 1. The summed E-state index contributed by atoms with van der Waals surface area (Å²) in [6, 6.07) is 15.3. The van der Waals surface area contributed by atoms with E-state index in [4.69, 9.17) is 9.84 Å². The third-order valence-electron chi connectivity index (χ3n) is 6.91. The van der Waals surface area contributed by atoms with Crippen LogP contribution < -0.4 is 4.74 Å². The Balaban J connectivity index is 0.00000306. The van der Waals surface area contributed by atoms with Gasteiger partial charge in [0.25, 0.3) is 0 Å². The lowest BCUT2D eigenvalue weighted by molar-refractivity contribution is -0.147. The maximum Gasteiger partial charge on any atom is 0.309 e. The zero-order chi connectivity index (χ0) is 22.9. The Morgan fingerprint density at radius 2 is 1.79 bits per heavy atom. The average Bonchev–Trinajstić information content (AvgIpc) is 2.71. The minimum absolute atomic E-state index is 0. The van der Waals surface area contributed by atoms with E-state index in [9.17, 15) is 4.79 Å². The molecule has 0 saturated carbocycles. The monoisotopic (exact) mass is 469 g/mol. The van der Waals surface area contributed by atoms with E-state index in [-0.39, 0.29) is 23.7 Å². The van der Waals surface area contributed by atoms with Gasteiger partial charge in [0, 0.05) is 26.1 Å². The number of hydrogen-bond acceptors (Lipinski definition) is 3. The van der Waals surface area contributed by atoms with Crippen molar-refractivity contribution >= 4 is 23.9 Å². The number of halogens is 1.